The van der Waals surface area contributed by atoms with Crippen molar-refractivity contribution in [1.29, 1.82) is 0 Å². The zero-order valence-corrected chi connectivity index (χ0v) is 9.48. The van der Waals surface area contributed by atoms with E-state index in [4.69, 9.17) is 23.2 Å². The number of unbranched alkanes of at least 4 members (excludes halogenated alkanes) is 2. The van der Waals surface area contributed by atoms with Gasteiger partial charge in [-0.15, -0.1) is 6.58 Å². The van der Waals surface area contributed by atoms with Crippen LogP contribution in [0.15, 0.2) is 25.3 Å². The maximum atomic E-state index is 10.1. The Bertz CT molecular complexity index is 200. The summed E-state index contributed by atoms with van der Waals surface area (Å²) in [6, 6.07) is 0. The molecule has 0 heterocycles. The predicted molar refractivity (Wildman–Crippen MR) is 60.6 cm³/mol. The highest BCUT2D eigenvalue weighted by Gasteiger charge is 1.92. The number of rotatable bonds is 6. The van der Waals surface area contributed by atoms with Gasteiger partial charge in [-0.3, -0.25) is 9.59 Å². The van der Waals surface area contributed by atoms with Crippen LogP contribution >= 0.6 is 23.2 Å². The maximum Gasteiger partial charge on any atom is 0.244 e. The molecule has 0 bridgehead atoms. The summed E-state index contributed by atoms with van der Waals surface area (Å²) in [4.78, 5) is 19.6. The molecule has 80 valence electrons. The molecule has 0 radical (unpaired) electrons. The smallest absolute Gasteiger partial charge is 0.244 e. The van der Waals surface area contributed by atoms with Gasteiger partial charge in [-0.2, -0.15) is 0 Å². The zero-order chi connectivity index (χ0) is 11.4. The molecule has 0 atom stereocenters. The molecule has 0 aromatic heterocycles. The summed E-state index contributed by atoms with van der Waals surface area (Å²) < 4.78 is 0. The van der Waals surface area contributed by atoms with Crippen LogP contribution in [0.4, 0.5) is 0 Å². The number of carbonyl (C=O) groups is 2. The van der Waals surface area contributed by atoms with Crippen molar-refractivity contribution >= 4 is 33.7 Å². The number of halogens is 2. The molecule has 2 nitrogen and oxygen atoms in total. The maximum absolute atomic E-state index is 10.1. The van der Waals surface area contributed by atoms with E-state index in [1.54, 1.807) is 0 Å². The monoisotopic (exact) mass is 236 g/mol. The fourth-order valence-electron chi connectivity index (χ4n) is 0.553. The van der Waals surface area contributed by atoms with Gasteiger partial charge in [0.15, 0.2) is 0 Å². The van der Waals surface area contributed by atoms with Gasteiger partial charge < -0.3 is 0 Å². The molecular formula is C10H14Cl2O2. The van der Waals surface area contributed by atoms with E-state index in [1.807, 2.05) is 6.08 Å². The minimum Gasteiger partial charge on any atom is -0.281 e. The molecular weight excluding hydrogens is 223 g/mol. The van der Waals surface area contributed by atoms with Gasteiger partial charge in [0, 0.05) is 6.42 Å². The second-order valence-electron chi connectivity index (χ2n) is 2.40. The van der Waals surface area contributed by atoms with Gasteiger partial charge in [0.2, 0.25) is 10.5 Å². The van der Waals surface area contributed by atoms with Crippen LogP contribution in [0.2, 0.25) is 0 Å². The lowest BCUT2D eigenvalue weighted by molar-refractivity contribution is -0.111. The normalized spacial score (nSPS) is 8.14. The Kier molecular flexibility index (Phi) is 14.0. The Morgan fingerprint density at radius 2 is 1.64 bits per heavy atom. The topological polar surface area (TPSA) is 34.1 Å². The minimum atomic E-state index is -0.509. The highest BCUT2D eigenvalue weighted by molar-refractivity contribution is 6.66. The second kappa shape index (κ2) is 12.4. The third kappa shape index (κ3) is 22.5. The van der Waals surface area contributed by atoms with E-state index in [9.17, 15) is 9.59 Å². The van der Waals surface area contributed by atoms with Crippen molar-refractivity contribution < 1.29 is 9.59 Å². The lowest BCUT2D eigenvalue weighted by Crippen LogP contribution is -1.84. The molecule has 0 aliphatic carbocycles. The van der Waals surface area contributed by atoms with Gasteiger partial charge >= 0.3 is 0 Å². The molecule has 0 saturated carbocycles. The van der Waals surface area contributed by atoms with E-state index in [0.29, 0.717) is 6.42 Å². The van der Waals surface area contributed by atoms with E-state index in [1.165, 1.54) is 0 Å². The van der Waals surface area contributed by atoms with Crippen LogP contribution in [-0.2, 0) is 9.59 Å². The average Bonchev–Trinajstić information content (AvgIpc) is 2.13. The first-order chi connectivity index (χ1) is 6.54. The van der Waals surface area contributed by atoms with Gasteiger partial charge in [-0.25, -0.2) is 0 Å². The summed E-state index contributed by atoms with van der Waals surface area (Å²) in [6.45, 7) is 6.64. The number of carbonyl (C=O) groups excluding carboxylic acids is 2. The summed E-state index contributed by atoms with van der Waals surface area (Å²) >= 11 is 9.80. The summed E-state index contributed by atoms with van der Waals surface area (Å²) in [7, 11) is 0. The molecule has 0 amide bonds. The Hall–Kier alpha value is -0.600. The van der Waals surface area contributed by atoms with Gasteiger partial charge in [-0.05, 0) is 48.5 Å². The number of hydrogen-bond acceptors (Lipinski definition) is 2. The minimum absolute atomic E-state index is 0.237. The first-order valence-electron chi connectivity index (χ1n) is 4.15. The van der Waals surface area contributed by atoms with Crippen LogP contribution in [-0.4, -0.2) is 10.5 Å². The van der Waals surface area contributed by atoms with E-state index >= 15 is 0 Å². The fraction of sp³-hybridized carbons (Fsp3) is 0.400. The highest BCUT2D eigenvalue weighted by atomic mass is 35.5. The quantitative estimate of drug-likeness (QED) is 0.307. The molecule has 0 aliphatic heterocycles. The standard InChI is InChI=1S/C7H11ClO.C3H3ClO/c1-2-3-4-5-6-7(8)9;1-2-3(4)5/h2H,1,3-6H2;2H,1H2. The summed E-state index contributed by atoms with van der Waals surface area (Å²) in [5.41, 5.74) is 0. The van der Waals surface area contributed by atoms with Crippen molar-refractivity contribution in [2.24, 2.45) is 0 Å². The molecule has 14 heavy (non-hydrogen) atoms. The molecule has 0 rings (SSSR count). The molecule has 0 unspecified atom stereocenters. The first kappa shape index (κ1) is 15.9. The lowest BCUT2D eigenvalue weighted by Gasteiger charge is -1.90. The van der Waals surface area contributed by atoms with E-state index in [-0.39, 0.29) is 5.24 Å². The molecule has 0 spiro atoms. The average molecular weight is 237 g/mol. The highest BCUT2D eigenvalue weighted by Crippen LogP contribution is 2.01. The Labute approximate surface area is 94.6 Å². The predicted octanol–water partition coefficient (Wildman–Crippen LogP) is 3.44. The molecule has 0 fully saturated rings. The van der Waals surface area contributed by atoms with E-state index in [0.717, 1.165) is 25.3 Å². The van der Waals surface area contributed by atoms with Crippen molar-refractivity contribution in [1.82, 2.24) is 0 Å². The Balaban J connectivity index is 0. The van der Waals surface area contributed by atoms with Crippen LogP contribution in [0.3, 0.4) is 0 Å². The van der Waals surface area contributed by atoms with Gasteiger partial charge in [0.25, 0.3) is 0 Å². The van der Waals surface area contributed by atoms with Gasteiger partial charge in [0.05, 0.1) is 0 Å². The van der Waals surface area contributed by atoms with E-state index < -0.39 is 5.24 Å². The molecule has 4 heteroatoms. The molecule has 0 aromatic rings. The number of hydrogen-bond donors (Lipinski definition) is 0. The van der Waals surface area contributed by atoms with Crippen molar-refractivity contribution in [2.75, 3.05) is 0 Å². The van der Waals surface area contributed by atoms with Gasteiger partial charge in [-0.1, -0.05) is 12.7 Å². The third-order valence-electron chi connectivity index (χ3n) is 1.19. The van der Waals surface area contributed by atoms with Crippen LogP contribution in [0.1, 0.15) is 25.7 Å². The Morgan fingerprint density at radius 3 is 1.93 bits per heavy atom. The van der Waals surface area contributed by atoms with Crippen LogP contribution < -0.4 is 0 Å². The van der Waals surface area contributed by atoms with Gasteiger partial charge in [0.1, 0.15) is 0 Å². The largest absolute Gasteiger partial charge is 0.281 e. The van der Waals surface area contributed by atoms with Crippen molar-refractivity contribution in [3.8, 4) is 0 Å². The number of allylic oxidation sites excluding steroid dienone is 2. The Morgan fingerprint density at radius 1 is 1.14 bits per heavy atom. The summed E-state index contributed by atoms with van der Waals surface area (Å²) in [5.74, 6) is 0. The molecule has 0 aliphatic rings. The molecule has 0 N–H and O–H groups in total. The van der Waals surface area contributed by atoms with Crippen molar-refractivity contribution in [3.63, 3.8) is 0 Å². The fourth-order valence-corrected chi connectivity index (χ4v) is 0.686. The SMILES string of the molecule is C=CC(=O)Cl.C=CCCCCC(=O)Cl. The summed E-state index contributed by atoms with van der Waals surface area (Å²) in [6.07, 6.45) is 6.26. The summed E-state index contributed by atoms with van der Waals surface area (Å²) in [5, 5.41) is -0.746. The van der Waals surface area contributed by atoms with Crippen LogP contribution in [0, 0.1) is 0 Å². The van der Waals surface area contributed by atoms with Crippen LogP contribution in [0.5, 0.6) is 0 Å². The van der Waals surface area contributed by atoms with E-state index in [2.05, 4.69) is 13.2 Å². The third-order valence-corrected chi connectivity index (χ3v) is 1.54. The first-order valence-corrected chi connectivity index (χ1v) is 4.91. The zero-order valence-electron chi connectivity index (χ0n) is 7.97. The van der Waals surface area contributed by atoms with Crippen molar-refractivity contribution in [2.45, 2.75) is 25.7 Å². The molecule has 0 aromatic carbocycles. The molecule has 0 saturated heterocycles. The lowest BCUT2D eigenvalue weighted by atomic mass is 10.2. The second-order valence-corrected chi connectivity index (χ2v) is 3.19. The van der Waals surface area contributed by atoms with Crippen LogP contribution in [0.25, 0.3) is 0 Å². The van der Waals surface area contributed by atoms with Crippen molar-refractivity contribution in [3.05, 3.63) is 25.3 Å².